The first-order valence-corrected chi connectivity index (χ1v) is 40.1. The normalized spacial score (nSPS) is 14.1. The molecule has 534 valence electrons. The summed E-state index contributed by atoms with van der Waals surface area (Å²) < 4.78 is 68.2. The molecule has 0 aliphatic heterocycles. The number of phosphoric acid groups is 2. The van der Waals surface area contributed by atoms with Crippen LogP contribution in [0.1, 0.15) is 369 Å². The van der Waals surface area contributed by atoms with Gasteiger partial charge in [-0.15, -0.1) is 0 Å². The van der Waals surface area contributed by atoms with Gasteiger partial charge in [0.15, 0.2) is 12.2 Å². The first kappa shape index (κ1) is 88.1. The van der Waals surface area contributed by atoms with Crippen LogP contribution in [0.2, 0.25) is 0 Å². The Morgan fingerprint density at radius 2 is 0.511 bits per heavy atom. The summed E-state index contributed by atoms with van der Waals surface area (Å²) in [7, 11) is -9.89. The highest BCUT2D eigenvalue weighted by Crippen LogP contribution is 2.45. The smallest absolute Gasteiger partial charge is 0.462 e. The first-order chi connectivity index (χ1) is 43.5. The van der Waals surface area contributed by atoms with E-state index in [1.807, 2.05) is 0 Å². The molecule has 17 nitrogen and oxygen atoms in total. The van der Waals surface area contributed by atoms with Crippen molar-refractivity contribution in [3.8, 4) is 0 Å². The molecule has 0 fully saturated rings. The number of hydrogen-bond acceptors (Lipinski definition) is 15. The van der Waals surface area contributed by atoms with Gasteiger partial charge in [-0.05, 0) is 31.6 Å². The van der Waals surface area contributed by atoms with E-state index in [1.165, 1.54) is 193 Å². The summed E-state index contributed by atoms with van der Waals surface area (Å²) in [6.07, 6.45) is 51.3. The lowest BCUT2D eigenvalue weighted by Gasteiger charge is -2.21. The number of phosphoric ester groups is 2. The number of carbonyl (C=O) groups excluding carboxylic acids is 4. The number of hydrogen-bond donors (Lipinski definition) is 3. The zero-order valence-corrected chi connectivity index (χ0v) is 60.1. The van der Waals surface area contributed by atoms with Crippen molar-refractivity contribution in [1.29, 1.82) is 0 Å². The van der Waals surface area contributed by atoms with Crippen molar-refractivity contribution in [2.75, 3.05) is 39.6 Å². The molecular formula is C71H138O17P2. The summed E-state index contributed by atoms with van der Waals surface area (Å²) in [5.74, 6) is -1.32. The summed E-state index contributed by atoms with van der Waals surface area (Å²) in [5, 5.41) is 10.6. The van der Waals surface area contributed by atoms with Crippen molar-refractivity contribution in [3.05, 3.63) is 0 Å². The zero-order valence-electron chi connectivity index (χ0n) is 58.3. The van der Waals surface area contributed by atoms with Crippen LogP contribution in [0.15, 0.2) is 0 Å². The molecule has 0 radical (unpaired) electrons. The van der Waals surface area contributed by atoms with Crippen molar-refractivity contribution in [2.45, 2.75) is 387 Å². The van der Waals surface area contributed by atoms with Crippen molar-refractivity contribution in [2.24, 2.45) is 5.92 Å². The van der Waals surface area contributed by atoms with Gasteiger partial charge in [0.05, 0.1) is 26.4 Å². The highest BCUT2D eigenvalue weighted by Gasteiger charge is 2.30. The van der Waals surface area contributed by atoms with Crippen LogP contribution in [0, 0.1) is 5.92 Å². The summed E-state index contributed by atoms with van der Waals surface area (Å²) in [5.41, 5.74) is 0. The van der Waals surface area contributed by atoms with E-state index < -0.39 is 97.5 Å². The minimum absolute atomic E-state index is 0.106. The van der Waals surface area contributed by atoms with Crippen molar-refractivity contribution in [1.82, 2.24) is 0 Å². The third-order valence-corrected chi connectivity index (χ3v) is 18.4. The van der Waals surface area contributed by atoms with Crippen molar-refractivity contribution >= 4 is 39.5 Å². The molecule has 0 spiro atoms. The molecule has 0 saturated carbocycles. The lowest BCUT2D eigenvalue weighted by Crippen LogP contribution is -2.30. The van der Waals surface area contributed by atoms with Gasteiger partial charge < -0.3 is 33.8 Å². The van der Waals surface area contributed by atoms with Gasteiger partial charge in [0.25, 0.3) is 0 Å². The quantitative estimate of drug-likeness (QED) is 0.0222. The number of aliphatic hydroxyl groups excluding tert-OH is 1. The highest BCUT2D eigenvalue weighted by molar-refractivity contribution is 7.47. The maximum Gasteiger partial charge on any atom is 0.472 e. The number of unbranched alkanes of at least 4 members (excludes halogenated alkanes) is 43. The minimum Gasteiger partial charge on any atom is -0.462 e. The maximum atomic E-state index is 13.0. The molecule has 0 amide bonds. The van der Waals surface area contributed by atoms with Gasteiger partial charge in [-0.25, -0.2) is 9.13 Å². The minimum atomic E-state index is -4.95. The number of carbonyl (C=O) groups is 4. The highest BCUT2D eigenvalue weighted by atomic mass is 31.2. The Hall–Kier alpha value is -1.94. The second-order valence-corrected chi connectivity index (χ2v) is 29.0. The average molecular weight is 1330 g/mol. The molecule has 19 heteroatoms. The topological polar surface area (TPSA) is 237 Å². The Labute approximate surface area is 549 Å². The van der Waals surface area contributed by atoms with Gasteiger partial charge in [-0.2, -0.15) is 0 Å². The number of rotatable bonds is 71. The van der Waals surface area contributed by atoms with Gasteiger partial charge in [-0.1, -0.05) is 317 Å². The molecular weight excluding hydrogens is 1190 g/mol. The Morgan fingerprint density at radius 1 is 0.300 bits per heavy atom. The predicted molar refractivity (Wildman–Crippen MR) is 363 cm³/mol. The average Bonchev–Trinajstić information content (AvgIpc) is 3.58. The van der Waals surface area contributed by atoms with Crippen LogP contribution >= 0.6 is 15.6 Å². The van der Waals surface area contributed by atoms with Crippen molar-refractivity contribution < 1.29 is 80.2 Å². The lowest BCUT2D eigenvalue weighted by molar-refractivity contribution is -0.161. The SMILES string of the molecule is CCCCCCCCCCCCCCCCC(=O)OC[C@H](COP(=O)(O)OC[C@@H](O)COP(=O)(O)OC[C@@H](COC(=O)CCCCCCCCCCC)OC(=O)CCCCCCCCCCC)OC(=O)CCCCCCCCCCCCCCCCCC(C)C. The fraction of sp³-hybridized carbons (Fsp3) is 0.944. The van der Waals surface area contributed by atoms with Gasteiger partial charge in [0, 0.05) is 25.7 Å². The van der Waals surface area contributed by atoms with E-state index in [0.29, 0.717) is 25.7 Å². The largest absolute Gasteiger partial charge is 0.472 e. The molecule has 0 heterocycles. The van der Waals surface area contributed by atoms with E-state index in [9.17, 15) is 43.2 Å². The van der Waals surface area contributed by atoms with E-state index in [-0.39, 0.29) is 25.7 Å². The molecule has 90 heavy (non-hydrogen) atoms. The summed E-state index contributed by atoms with van der Waals surface area (Å²) >= 11 is 0. The van der Waals surface area contributed by atoms with Crippen LogP contribution in [0.5, 0.6) is 0 Å². The summed E-state index contributed by atoms with van der Waals surface area (Å²) in [4.78, 5) is 72.5. The molecule has 2 unspecified atom stereocenters. The zero-order chi connectivity index (χ0) is 66.3. The molecule has 5 atom stereocenters. The second-order valence-electron chi connectivity index (χ2n) is 26.1. The van der Waals surface area contributed by atoms with Gasteiger partial charge in [0.1, 0.15) is 19.3 Å². The van der Waals surface area contributed by atoms with Gasteiger partial charge in [-0.3, -0.25) is 37.3 Å². The van der Waals surface area contributed by atoms with E-state index >= 15 is 0 Å². The van der Waals surface area contributed by atoms with Gasteiger partial charge >= 0.3 is 39.5 Å². The maximum absolute atomic E-state index is 13.0. The number of esters is 4. The monoisotopic (exact) mass is 1320 g/mol. The second kappa shape index (κ2) is 64.4. The van der Waals surface area contributed by atoms with Crippen LogP contribution in [0.4, 0.5) is 0 Å². The predicted octanol–water partition coefficient (Wildman–Crippen LogP) is 20.5. The molecule has 0 aromatic rings. The molecule has 3 N–H and O–H groups in total. The third kappa shape index (κ3) is 64.8. The fourth-order valence-corrected chi connectivity index (χ4v) is 12.4. The van der Waals surface area contributed by atoms with Crippen LogP contribution in [0.3, 0.4) is 0 Å². The molecule has 0 saturated heterocycles. The van der Waals surface area contributed by atoms with Crippen molar-refractivity contribution in [3.63, 3.8) is 0 Å². The fourth-order valence-electron chi connectivity index (χ4n) is 10.8. The van der Waals surface area contributed by atoms with E-state index in [0.717, 1.165) is 95.8 Å². The van der Waals surface area contributed by atoms with E-state index in [1.54, 1.807) is 0 Å². The van der Waals surface area contributed by atoms with Crippen LogP contribution in [0.25, 0.3) is 0 Å². The molecule has 0 aromatic heterocycles. The molecule has 0 aliphatic rings. The first-order valence-electron chi connectivity index (χ1n) is 37.1. The van der Waals surface area contributed by atoms with Gasteiger partial charge in [0.2, 0.25) is 0 Å². The number of ether oxygens (including phenoxy) is 4. The van der Waals surface area contributed by atoms with Crippen LogP contribution in [-0.2, 0) is 65.4 Å². The van der Waals surface area contributed by atoms with E-state index in [2.05, 4.69) is 34.6 Å². The lowest BCUT2D eigenvalue weighted by atomic mass is 10.0. The van der Waals surface area contributed by atoms with Crippen LogP contribution < -0.4 is 0 Å². The Kier molecular flexibility index (Phi) is 63.0. The Bertz CT molecular complexity index is 1740. The molecule has 0 aromatic carbocycles. The molecule has 0 rings (SSSR count). The molecule has 0 bridgehead atoms. The third-order valence-electron chi connectivity index (χ3n) is 16.5. The molecule has 0 aliphatic carbocycles. The summed E-state index contributed by atoms with van der Waals surface area (Å²) in [6, 6.07) is 0. The standard InChI is InChI=1S/C71H138O17P2/c1-6-9-12-15-18-21-22-23-28-31-36-40-45-50-55-69(74)82-61-67(88-71(76)57-52-47-42-37-32-29-26-24-25-27-30-35-38-43-48-53-64(4)5)63-86-90(79,80)84-59-65(72)58-83-89(77,78)85-62-66(87-70(75)56-51-46-41-34-20-17-14-11-8-3)60-81-68(73)54-49-44-39-33-19-16-13-10-7-2/h64-67,72H,6-63H2,1-5H3,(H,77,78)(H,79,80)/t65-,66+,67+/m0/s1. The van der Waals surface area contributed by atoms with Crippen LogP contribution in [-0.4, -0.2) is 96.7 Å². The summed E-state index contributed by atoms with van der Waals surface area (Å²) in [6.45, 7) is 7.25. The Balaban J connectivity index is 5.20. The Morgan fingerprint density at radius 3 is 0.756 bits per heavy atom. The van der Waals surface area contributed by atoms with E-state index in [4.69, 9.17) is 37.0 Å². The number of aliphatic hydroxyl groups is 1.